The Morgan fingerprint density at radius 3 is 2.75 bits per heavy atom. The molecular weight excluding hydrogens is 262 g/mol. The monoisotopic (exact) mass is 283 g/mol. The quantitative estimate of drug-likeness (QED) is 0.671. The second-order valence-corrected chi connectivity index (χ2v) is 6.34. The highest BCUT2D eigenvalue weighted by Gasteiger charge is 2.08. The van der Waals surface area contributed by atoms with Gasteiger partial charge in [-0.05, 0) is 53.5 Å². The molecule has 0 spiro atoms. The number of rotatable bonds is 6. The van der Waals surface area contributed by atoms with Crippen molar-refractivity contribution in [2.45, 2.75) is 39.5 Å². The topological polar surface area (TPSA) is 23.8 Å². The Kier molecular flexibility index (Phi) is 5.38. The fourth-order valence-corrected chi connectivity index (χ4v) is 3.27. The van der Waals surface area contributed by atoms with Gasteiger partial charge in [-0.3, -0.25) is 0 Å². The van der Waals surface area contributed by atoms with Crippen molar-refractivity contribution in [3.05, 3.63) is 46.8 Å². The van der Waals surface area contributed by atoms with Crippen molar-refractivity contribution in [2.24, 2.45) is 5.92 Å². The lowest BCUT2D eigenvalue weighted by Gasteiger charge is -2.11. The smallest absolute Gasteiger partial charge is 0.0994 e. The molecule has 0 radical (unpaired) electrons. The van der Waals surface area contributed by atoms with E-state index in [-0.39, 0.29) is 0 Å². The van der Waals surface area contributed by atoms with Crippen molar-refractivity contribution >= 4 is 11.3 Å². The molecule has 1 aromatic heterocycles. The zero-order valence-electron chi connectivity index (χ0n) is 12.2. The normalized spacial score (nSPS) is 12.1. The molecule has 2 rings (SSSR count). The van der Waals surface area contributed by atoms with Gasteiger partial charge in [0.05, 0.1) is 11.6 Å². The first-order valence-corrected chi connectivity index (χ1v) is 8.19. The number of hydrogen-bond donors (Lipinski definition) is 0. The van der Waals surface area contributed by atoms with Gasteiger partial charge in [-0.2, -0.15) is 5.26 Å². The summed E-state index contributed by atoms with van der Waals surface area (Å²) < 4.78 is 0. The van der Waals surface area contributed by atoms with Gasteiger partial charge in [0.25, 0.3) is 0 Å². The second-order valence-electron chi connectivity index (χ2n) is 5.39. The summed E-state index contributed by atoms with van der Waals surface area (Å²) in [4.78, 5) is 1.28. The van der Waals surface area contributed by atoms with Crippen molar-refractivity contribution in [3.8, 4) is 16.5 Å². The van der Waals surface area contributed by atoms with Crippen molar-refractivity contribution in [1.29, 1.82) is 5.26 Å². The second kappa shape index (κ2) is 7.26. The van der Waals surface area contributed by atoms with Crippen LogP contribution in [0.3, 0.4) is 0 Å². The lowest BCUT2D eigenvalue weighted by molar-refractivity contribution is 0.486. The standard InChI is InChI=1S/C18H21NS/c1-3-5-14(2)7-8-15-12-16(9-10-17(15)13-19)18-6-4-11-20-18/h4,6,9-12,14H,3,5,7-8H2,1-2H3. The van der Waals surface area contributed by atoms with Gasteiger partial charge in [0.15, 0.2) is 0 Å². The molecule has 0 aliphatic carbocycles. The van der Waals surface area contributed by atoms with Gasteiger partial charge in [-0.25, -0.2) is 0 Å². The van der Waals surface area contributed by atoms with Crippen molar-refractivity contribution < 1.29 is 0 Å². The van der Waals surface area contributed by atoms with E-state index in [0.29, 0.717) is 0 Å². The number of nitrogens with zero attached hydrogens (tertiary/aromatic N) is 1. The van der Waals surface area contributed by atoms with E-state index in [4.69, 9.17) is 0 Å². The molecule has 1 aromatic carbocycles. The molecule has 0 saturated carbocycles. The minimum absolute atomic E-state index is 0.733. The average Bonchev–Trinajstić information content (AvgIpc) is 2.99. The number of thiophene rings is 1. The van der Waals surface area contributed by atoms with Gasteiger partial charge in [0, 0.05) is 4.88 Å². The summed E-state index contributed by atoms with van der Waals surface area (Å²) in [7, 11) is 0. The maximum absolute atomic E-state index is 9.26. The van der Waals surface area contributed by atoms with Crippen LogP contribution in [0.2, 0.25) is 0 Å². The van der Waals surface area contributed by atoms with E-state index in [1.165, 1.54) is 28.8 Å². The molecule has 0 N–H and O–H groups in total. The summed E-state index contributed by atoms with van der Waals surface area (Å²) in [6.07, 6.45) is 4.67. The van der Waals surface area contributed by atoms with E-state index < -0.39 is 0 Å². The fraction of sp³-hybridized carbons (Fsp3) is 0.389. The van der Waals surface area contributed by atoms with Crippen LogP contribution < -0.4 is 0 Å². The van der Waals surface area contributed by atoms with Gasteiger partial charge in [0.1, 0.15) is 0 Å². The average molecular weight is 283 g/mol. The minimum Gasteiger partial charge on any atom is -0.192 e. The summed E-state index contributed by atoms with van der Waals surface area (Å²) in [5.41, 5.74) is 3.26. The molecule has 1 unspecified atom stereocenters. The summed E-state index contributed by atoms with van der Waals surface area (Å²) >= 11 is 1.75. The van der Waals surface area contributed by atoms with E-state index in [1.807, 2.05) is 6.07 Å². The van der Waals surface area contributed by atoms with Crippen LogP contribution in [0.5, 0.6) is 0 Å². The summed E-state index contributed by atoms with van der Waals surface area (Å²) in [5, 5.41) is 11.4. The van der Waals surface area contributed by atoms with E-state index in [0.717, 1.165) is 24.3 Å². The highest BCUT2D eigenvalue weighted by Crippen LogP contribution is 2.27. The molecule has 104 valence electrons. The number of benzene rings is 1. The van der Waals surface area contributed by atoms with Crippen molar-refractivity contribution in [2.75, 3.05) is 0 Å². The highest BCUT2D eigenvalue weighted by atomic mass is 32.1. The molecular formula is C18H21NS. The molecule has 1 heterocycles. The van der Waals surface area contributed by atoms with Crippen LogP contribution >= 0.6 is 11.3 Å². The van der Waals surface area contributed by atoms with E-state index in [9.17, 15) is 5.26 Å². The predicted molar refractivity (Wildman–Crippen MR) is 86.9 cm³/mol. The Morgan fingerprint density at radius 2 is 2.10 bits per heavy atom. The van der Waals surface area contributed by atoms with Crippen LogP contribution in [0, 0.1) is 17.2 Å². The summed E-state index contributed by atoms with van der Waals surface area (Å²) in [5.74, 6) is 0.733. The summed E-state index contributed by atoms with van der Waals surface area (Å²) in [6.45, 7) is 4.54. The van der Waals surface area contributed by atoms with Crippen molar-refractivity contribution in [3.63, 3.8) is 0 Å². The van der Waals surface area contributed by atoms with Gasteiger partial charge in [0.2, 0.25) is 0 Å². The maximum atomic E-state index is 9.26. The van der Waals surface area contributed by atoms with Gasteiger partial charge < -0.3 is 0 Å². The fourth-order valence-electron chi connectivity index (χ4n) is 2.54. The number of nitriles is 1. The summed E-state index contributed by atoms with van der Waals surface area (Å²) in [6, 6.07) is 12.8. The lowest BCUT2D eigenvalue weighted by Crippen LogP contribution is -1.99. The first-order valence-electron chi connectivity index (χ1n) is 7.31. The van der Waals surface area contributed by atoms with Crippen molar-refractivity contribution in [1.82, 2.24) is 0 Å². The molecule has 0 aliphatic heterocycles. The highest BCUT2D eigenvalue weighted by molar-refractivity contribution is 7.13. The lowest BCUT2D eigenvalue weighted by atomic mass is 9.94. The Morgan fingerprint density at radius 1 is 1.25 bits per heavy atom. The molecule has 2 heteroatoms. The molecule has 20 heavy (non-hydrogen) atoms. The molecule has 0 saturated heterocycles. The first-order chi connectivity index (χ1) is 9.74. The molecule has 0 fully saturated rings. The molecule has 0 amide bonds. The minimum atomic E-state index is 0.733. The molecule has 1 atom stereocenters. The van der Waals surface area contributed by atoms with Crippen LogP contribution in [0.1, 0.15) is 44.2 Å². The molecule has 0 bridgehead atoms. The van der Waals surface area contributed by atoms with E-state index >= 15 is 0 Å². The zero-order chi connectivity index (χ0) is 14.4. The van der Waals surface area contributed by atoms with Crippen LogP contribution in [0.15, 0.2) is 35.7 Å². The van der Waals surface area contributed by atoms with Gasteiger partial charge in [-0.1, -0.05) is 38.8 Å². The maximum Gasteiger partial charge on any atom is 0.0994 e. The zero-order valence-corrected chi connectivity index (χ0v) is 13.0. The van der Waals surface area contributed by atoms with Crippen LogP contribution in [0.25, 0.3) is 10.4 Å². The third-order valence-corrected chi connectivity index (χ3v) is 4.64. The van der Waals surface area contributed by atoms with E-state index in [1.54, 1.807) is 11.3 Å². The van der Waals surface area contributed by atoms with Crippen LogP contribution in [-0.2, 0) is 6.42 Å². The first kappa shape index (κ1) is 14.8. The Labute approximate surface area is 125 Å². The third-order valence-electron chi connectivity index (χ3n) is 3.72. The Hall–Kier alpha value is -1.59. The Bertz CT molecular complexity index is 578. The molecule has 2 aromatic rings. The van der Waals surface area contributed by atoms with Crippen LogP contribution in [-0.4, -0.2) is 0 Å². The van der Waals surface area contributed by atoms with E-state index in [2.05, 4.69) is 49.6 Å². The molecule has 1 nitrogen and oxygen atoms in total. The van der Waals surface area contributed by atoms with Gasteiger partial charge >= 0.3 is 0 Å². The number of aryl methyl sites for hydroxylation is 1. The molecule has 0 aliphatic rings. The van der Waals surface area contributed by atoms with Crippen LogP contribution in [0.4, 0.5) is 0 Å². The Balaban J connectivity index is 2.17. The third kappa shape index (κ3) is 3.71. The SMILES string of the molecule is CCCC(C)CCc1cc(-c2cccs2)ccc1C#N. The van der Waals surface area contributed by atoms with Gasteiger partial charge in [-0.15, -0.1) is 11.3 Å². The number of hydrogen-bond acceptors (Lipinski definition) is 2. The predicted octanol–water partition coefficient (Wildman–Crippen LogP) is 5.66. The largest absolute Gasteiger partial charge is 0.192 e.